The van der Waals surface area contributed by atoms with Gasteiger partial charge in [0.2, 0.25) is 0 Å². The van der Waals surface area contributed by atoms with E-state index >= 15 is 0 Å². The average Bonchev–Trinajstić information content (AvgIpc) is 3.44. The maximum atomic E-state index is 13.3. The fraction of sp³-hybridized carbons (Fsp3) is 0.174. The number of rotatable bonds is 5. The van der Waals surface area contributed by atoms with Crippen LogP contribution >= 0.6 is 0 Å². The largest absolute Gasteiger partial charge is 0.399 e. The molecule has 1 aliphatic carbocycles. The molecule has 0 atom stereocenters. The van der Waals surface area contributed by atoms with Gasteiger partial charge < -0.3 is 11.1 Å². The van der Waals surface area contributed by atoms with Crippen LogP contribution in [0.3, 0.4) is 0 Å². The number of sulfone groups is 1. The van der Waals surface area contributed by atoms with Crippen molar-refractivity contribution in [2.45, 2.75) is 23.4 Å². The molecule has 168 valence electrons. The number of nitrogen functional groups attached to an aromatic ring is 1. The Morgan fingerprint density at radius 1 is 1.15 bits per heavy atom. The van der Waals surface area contributed by atoms with Crippen molar-refractivity contribution in [1.82, 2.24) is 20.1 Å². The molecule has 2 aromatic carbocycles. The van der Waals surface area contributed by atoms with Crippen LogP contribution in [0.2, 0.25) is 0 Å². The quantitative estimate of drug-likeness (QED) is 0.437. The molecule has 1 saturated carbocycles. The maximum absolute atomic E-state index is 13.3. The van der Waals surface area contributed by atoms with E-state index in [-0.39, 0.29) is 16.8 Å². The summed E-state index contributed by atoms with van der Waals surface area (Å²) in [5.41, 5.74) is 8.09. The maximum Gasteiger partial charge on any atom is 0.252 e. The van der Waals surface area contributed by atoms with E-state index in [2.05, 4.69) is 15.4 Å². The molecule has 1 fully saturated rings. The third kappa shape index (κ3) is 3.82. The summed E-state index contributed by atoms with van der Waals surface area (Å²) in [6, 6.07) is 12.3. The van der Waals surface area contributed by atoms with Crippen LogP contribution in [-0.2, 0) is 15.4 Å². The van der Waals surface area contributed by atoms with Crippen molar-refractivity contribution >= 4 is 32.3 Å². The lowest BCUT2D eigenvalue weighted by molar-refractivity contribution is 0.0932. The van der Waals surface area contributed by atoms with E-state index in [1.54, 1.807) is 41.2 Å². The Morgan fingerprint density at radius 3 is 2.55 bits per heavy atom. The second kappa shape index (κ2) is 7.38. The lowest BCUT2D eigenvalue weighted by Gasteiger charge is -2.19. The van der Waals surface area contributed by atoms with E-state index in [9.17, 15) is 17.6 Å². The van der Waals surface area contributed by atoms with E-state index in [0.29, 0.717) is 46.2 Å². The van der Waals surface area contributed by atoms with Crippen molar-refractivity contribution in [1.29, 1.82) is 0 Å². The summed E-state index contributed by atoms with van der Waals surface area (Å²) >= 11 is 0. The number of nitrogens with one attached hydrogen (secondary N) is 1. The molecule has 0 bridgehead atoms. The summed E-state index contributed by atoms with van der Waals surface area (Å²) in [5.74, 6) is -0.708. The highest BCUT2D eigenvalue weighted by Gasteiger charge is 2.46. The lowest BCUT2D eigenvalue weighted by atomic mass is 10.0. The van der Waals surface area contributed by atoms with Gasteiger partial charge in [-0.25, -0.2) is 22.5 Å². The van der Waals surface area contributed by atoms with Crippen molar-refractivity contribution in [3.8, 4) is 5.69 Å². The van der Waals surface area contributed by atoms with Crippen LogP contribution in [0.1, 0.15) is 28.8 Å². The molecule has 3 N–H and O–H groups in total. The van der Waals surface area contributed by atoms with E-state index in [4.69, 9.17) is 5.73 Å². The van der Waals surface area contributed by atoms with Gasteiger partial charge in [0.05, 0.1) is 28.5 Å². The highest BCUT2D eigenvalue weighted by atomic mass is 32.2. The Kier molecular flexibility index (Phi) is 4.71. The van der Waals surface area contributed by atoms with Crippen molar-refractivity contribution in [2.75, 3.05) is 12.0 Å². The molecule has 33 heavy (non-hydrogen) atoms. The highest BCUT2D eigenvalue weighted by molar-refractivity contribution is 7.90. The third-order valence-electron chi connectivity index (χ3n) is 5.80. The van der Waals surface area contributed by atoms with Gasteiger partial charge in [-0.1, -0.05) is 0 Å². The molecule has 10 heteroatoms. The van der Waals surface area contributed by atoms with Gasteiger partial charge in [-0.15, -0.1) is 0 Å². The number of halogens is 1. The number of carbonyl (C=O) groups excluding carboxylic acids is 1. The first kappa shape index (κ1) is 21.1. The second-order valence-electron chi connectivity index (χ2n) is 8.23. The molecule has 4 aromatic rings. The van der Waals surface area contributed by atoms with Gasteiger partial charge in [-0.05, 0) is 66.9 Å². The number of amides is 1. The molecular formula is C23H20FN5O3S. The predicted molar refractivity (Wildman–Crippen MR) is 121 cm³/mol. The molecule has 0 saturated heterocycles. The SMILES string of the molecule is CS(=O)(=O)c1cc(C2(NC(=O)c3cc(N)cc4c3cnn4-c3ccc(F)cc3)CC2)ccn1. The van der Waals surface area contributed by atoms with Gasteiger partial charge in [0.1, 0.15) is 5.82 Å². The Hall–Kier alpha value is -3.79. The van der Waals surface area contributed by atoms with Gasteiger partial charge in [-0.2, -0.15) is 5.10 Å². The van der Waals surface area contributed by atoms with Crippen molar-refractivity contribution in [3.05, 3.63) is 77.9 Å². The minimum Gasteiger partial charge on any atom is -0.399 e. The molecule has 1 aliphatic rings. The normalized spacial score (nSPS) is 14.8. The lowest BCUT2D eigenvalue weighted by Crippen LogP contribution is -2.35. The zero-order valence-electron chi connectivity index (χ0n) is 17.6. The molecule has 0 radical (unpaired) electrons. The van der Waals surface area contributed by atoms with Gasteiger partial charge in [0, 0.05) is 23.5 Å². The molecule has 8 nitrogen and oxygen atoms in total. The zero-order valence-corrected chi connectivity index (χ0v) is 18.4. The number of fused-ring (bicyclic) bond motifs is 1. The van der Waals surface area contributed by atoms with Crippen LogP contribution in [-0.4, -0.2) is 35.3 Å². The summed E-state index contributed by atoms with van der Waals surface area (Å²) in [4.78, 5) is 17.3. The zero-order chi connectivity index (χ0) is 23.4. The number of carbonyl (C=O) groups is 1. The fourth-order valence-electron chi connectivity index (χ4n) is 3.93. The number of nitrogens with two attached hydrogens (primary N) is 1. The summed E-state index contributed by atoms with van der Waals surface area (Å²) in [6.07, 6.45) is 5.45. The molecule has 1 amide bonds. The molecule has 0 unspecified atom stereocenters. The number of hydrogen-bond acceptors (Lipinski definition) is 6. The van der Waals surface area contributed by atoms with Crippen molar-refractivity contribution in [2.24, 2.45) is 0 Å². The van der Waals surface area contributed by atoms with Crippen LogP contribution in [0.4, 0.5) is 10.1 Å². The first-order valence-electron chi connectivity index (χ1n) is 10.2. The molecule has 2 aromatic heterocycles. The smallest absolute Gasteiger partial charge is 0.252 e. The summed E-state index contributed by atoms with van der Waals surface area (Å²) < 4.78 is 38.7. The molecule has 0 aliphatic heterocycles. The van der Waals surface area contributed by atoms with Gasteiger partial charge in [0.15, 0.2) is 14.9 Å². The van der Waals surface area contributed by atoms with Crippen LogP contribution in [0.25, 0.3) is 16.6 Å². The fourth-order valence-corrected chi connectivity index (χ4v) is 4.52. The molecule has 5 rings (SSSR count). The van der Waals surface area contributed by atoms with Gasteiger partial charge in [0.25, 0.3) is 5.91 Å². The number of benzene rings is 2. The third-order valence-corrected chi connectivity index (χ3v) is 6.78. The Balaban J connectivity index is 1.51. The molecular weight excluding hydrogens is 445 g/mol. The Bertz CT molecular complexity index is 1510. The van der Waals surface area contributed by atoms with Crippen molar-refractivity contribution in [3.63, 3.8) is 0 Å². The first-order chi connectivity index (χ1) is 15.7. The summed E-state index contributed by atoms with van der Waals surface area (Å²) in [7, 11) is -3.47. The van der Waals surface area contributed by atoms with Crippen LogP contribution in [0.5, 0.6) is 0 Å². The predicted octanol–water partition coefficient (Wildman–Crippen LogP) is 2.96. The minimum absolute atomic E-state index is 0.0348. The Morgan fingerprint density at radius 2 is 1.88 bits per heavy atom. The Labute approximate surface area is 189 Å². The van der Waals surface area contributed by atoms with Gasteiger partial charge >= 0.3 is 0 Å². The van der Waals surface area contributed by atoms with E-state index < -0.39 is 15.4 Å². The number of hydrogen-bond donors (Lipinski definition) is 2. The standard InChI is InChI=1S/C23H20FN5O3S/c1-33(31,32)21-10-14(6-9-26-21)23(7-8-23)28-22(30)18-11-16(25)12-20-19(18)13-27-29(20)17-4-2-15(24)3-5-17/h2-6,9-13H,7-8,25H2,1H3,(H,28,30). The van der Waals surface area contributed by atoms with Gasteiger partial charge in [-0.3, -0.25) is 4.79 Å². The van der Waals surface area contributed by atoms with Crippen molar-refractivity contribution < 1.29 is 17.6 Å². The molecule has 0 spiro atoms. The summed E-state index contributed by atoms with van der Waals surface area (Å²) in [5, 5.41) is 7.98. The average molecular weight is 466 g/mol. The number of aromatic nitrogens is 3. The highest BCUT2D eigenvalue weighted by Crippen LogP contribution is 2.46. The monoisotopic (exact) mass is 465 g/mol. The summed E-state index contributed by atoms with van der Waals surface area (Å²) in [6.45, 7) is 0. The van der Waals surface area contributed by atoms with E-state index in [0.717, 1.165) is 6.26 Å². The van der Waals surface area contributed by atoms with E-state index in [1.807, 2.05) is 0 Å². The number of pyridine rings is 1. The topological polar surface area (TPSA) is 120 Å². The van der Waals surface area contributed by atoms with Crippen LogP contribution in [0, 0.1) is 5.82 Å². The van der Waals surface area contributed by atoms with Crippen LogP contribution in [0.15, 0.2) is 66.0 Å². The van der Waals surface area contributed by atoms with E-state index in [1.165, 1.54) is 24.4 Å². The first-order valence-corrected chi connectivity index (χ1v) is 12.1. The number of nitrogens with zero attached hydrogens (tertiary/aromatic N) is 3. The number of anilines is 1. The molecule has 2 heterocycles. The van der Waals surface area contributed by atoms with Crippen LogP contribution < -0.4 is 11.1 Å². The minimum atomic E-state index is -3.47. The second-order valence-corrected chi connectivity index (χ2v) is 10.2.